The largest absolute Gasteiger partial charge is 0.481 e. The Morgan fingerprint density at radius 1 is 1.18 bits per heavy atom. The quantitative estimate of drug-likeness (QED) is 0.766. The van der Waals surface area contributed by atoms with Crippen molar-refractivity contribution < 1.29 is 15.0 Å². The lowest BCUT2D eigenvalue weighted by Crippen LogP contribution is -2.65. The number of hydrogen-bond donors (Lipinski definition) is 2. The van der Waals surface area contributed by atoms with Crippen LogP contribution < -0.4 is 0 Å². The summed E-state index contributed by atoms with van der Waals surface area (Å²) in [7, 11) is 2.01. The number of likely N-dealkylation sites (tertiary alicyclic amines) is 1. The van der Waals surface area contributed by atoms with Crippen LogP contribution in [-0.4, -0.2) is 46.8 Å². The predicted octanol–water partition coefficient (Wildman–Crippen LogP) is 1.33. The average molecular weight is 241 g/mol. The second kappa shape index (κ2) is 3.69. The first-order chi connectivity index (χ1) is 7.71. The Balaban J connectivity index is 2.21. The van der Waals surface area contributed by atoms with Gasteiger partial charge in [0.2, 0.25) is 0 Å². The number of aliphatic hydroxyl groups is 1. The van der Waals surface area contributed by atoms with Gasteiger partial charge in [0.25, 0.3) is 0 Å². The van der Waals surface area contributed by atoms with Gasteiger partial charge in [0, 0.05) is 13.1 Å². The molecule has 2 aliphatic rings. The molecule has 0 aromatic heterocycles. The molecular formula is C13H23NO3. The van der Waals surface area contributed by atoms with Gasteiger partial charge in [0.1, 0.15) is 0 Å². The molecule has 1 saturated carbocycles. The van der Waals surface area contributed by atoms with Crippen molar-refractivity contribution in [2.24, 2.45) is 10.8 Å². The van der Waals surface area contributed by atoms with E-state index in [-0.39, 0.29) is 5.41 Å². The number of aliphatic carboxylic acids is 1. The van der Waals surface area contributed by atoms with Crippen LogP contribution in [0.15, 0.2) is 0 Å². The van der Waals surface area contributed by atoms with E-state index in [9.17, 15) is 15.0 Å². The third kappa shape index (κ3) is 1.87. The van der Waals surface area contributed by atoms with Crippen LogP contribution in [-0.2, 0) is 4.79 Å². The van der Waals surface area contributed by atoms with Crippen molar-refractivity contribution in [3.05, 3.63) is 0 Å². The fourth-order valence-corrected chi connectivity index (χ4v) is 3.73. The lowest BCUT2D eigenvalue weighted by atomic mass is 9.46. The molecule has 1 heterocycles. The van der Waals surface area contributed by atoms with Gasteiger partial charge in [-0.1, -0.05) is 13.8 Å². The van der Waals surface area contributed by atoms with Crippen molar-refractivity contribution in [2.45, 2.75) is 45.1 Å². The minimum Gasteiger partial charge on any atom is -0.481 e. The highest BCUT2D eigenvalue weighted by atomic mass is 16.4. The van der Waals surface area contributed by atoms with Gasteiger partial charge in [-0.25, -0.2) is 0 Å². The number of carboxylic acids is 1. The van der Waals surface area contributed by atoms with Crippen molar-refractivity contribution in [3.63, 3.8) is 0 Å². The first-order valence-electron chi connectivity index (χ1n) is 6.35. The molecule has 0 bridgehead atoms. The van der Waals surface area contributed by atoms with Gasteiger partial charge in [0.05, 0.1) is 11.0 Å². The number of carboxylic acid groups (broad SMARTS) is 1. The van der Waals surface area contributed by atoms with Gasteiger partial charge in [-0.15, -0.1) is 0 Å². The maximum Gasteiger partial charge on any atom is 0.312 e. The van der Waals surface area contributed by atoms with Crippen molar-refractivity contribution in [3.8, 4) is 0 Å². The molecule has 1 saturated heterocycles. The molecular weight excluding hydrogens is 218 g/mol. The van der Waals surface area contributed by atoms with Crippen LogP contribution in [0.25, 0.3) is 0 Å². The molecule has 0 aromatic rings. The Hall–Kier alpha value is -0.610. The molecule has 1 aliphatic heterocycles. The third-order valence-electron chi connectivity index (χ3n) is 4.68. The summed E-state index contributed by atoms with van der Waals surface area (Å²) in [5.41, 5.74) is -1.86. The first kappa shape index (κ1) is 12.8. The normalized spacial score (nSPS) is 30.6. The minimum absolute atomic E-state index is 0.0530. The summed E-state index contributed by atoms with van der Waals surface area (Å²) in [4.78, 5) is 13.8. The number of rotatable bonds is 2. The Labute approximate surface area is 103 Å². The number of hydrogen-bond acceptors (Lipinski definition) is 3. The van der Waals surface area contributed by atoms with Crippen molar-refractivity contribution in [2.75, 3.05) is 20.1 Å². The summed E-state index contributed by atoms with van der Waals surface area (Å²) in [6.07, 6.45) is 2.34. The maximum atomic E-state index is 11.6. The van der Waals surface area contributed by atoms with Crippen LogP contribution in [0, 0.1) is 10.8 Å². The molecule has 1 aliphatic carbocycles. The van der Waals surface area contributed by atoms with Crippen molar-refractivity contribution in [1.82, 2.24) is 4.90 Å². The summed E-state index contributed by atoms with van der Waals surface area (Å²) in [5, 5.41) is 20.3. The van der Waals surface area contributed by atoms with E-state index < -0.39 is 17.0 Å². The topological polar surface area (TPSA) is 60.8 Å². The Bertz CT molecular complexity index is 322. The molecule has 0 aromatic carbocycles. The monoisotopic (exact) mass is 241 g/mol. The first-order valence-corrected chi connectivity index (χ1v) is 6.35. The molecule has 17 heavy (non-hydrogen) atoms. The molecule has 0 amide bonds. The van der Waals surface area contributed by atoms with Gasteiger partial charge in [-0.3, -0.25) is 4.79 Å². The van der Waals surface area contributed by atoms with Crippen LogP contribution in [0.2, 0.25) is 0 Å². The Kier molecular flexibility index (Phi) is 2.79. The van der Waals surface area contributed by atoms with E-state index in [2.05, 4.69) is 18.7 Å². The third-order valence-corrected chi connectivity index (χ3v) is 4.68. The van der Waals surface area contributed by atoms with E-state index in [0.29, 0.717) is 25.7 Å². The highest BCUT2D eigenvalue weighted by Crippen LogP contribution is 2.61. The summed E-state index contributed by atoms with van der Waals surface area (Å²) < 4.78 is 0. The summed E-state index contributed by atoms with van der Waals surface area (Å²) >= 11 is 0. The standard InChI is InChI=1S/C13H23NO3/c1-11(2)8-12(9-11,10(15)16)13(17)4-6-14(3)7-5-13/h17H,4-9H2,1-3H3,(H,15,16). The van der Waals surface area contributed by atoms with E-state index >= 15 is 0 Å². The highest BCUT2D eigenvalue weighted by molar-refractivity contribution is 5.78. The van der Waals surface area contributed by atoms with E-state index in [1.54, 1.807) is 0 Å². The van der Waals surface area contributed by atoms with Crippen LogP contribution >= 0.6 is 0 Å². The summed E-state index contributed by atoms with van der Waals surface area (Å²) in [5.74, 6) is -0.816. The van der Waals surface area contributed by atoms with Gasteiger partial charge >= 0.3 is 5.97 Å². The van der Waals surface area contributed by atoms with E-state index in [0.717, 1.165) is 13.1 Å². The SMILES string of the molecule is CN1CCC(O)(C2(C(=O)O)CC(C)(C)C2)CC1. The maximum absolute atomic E-state index is 11.6. The van der Waals surface area contributed by atoms with Crippen molar-refractivity contribution >= 4 is 5.97 Å². The molecule has 0 radical (unpaired) electrons. The highest BCUT2D eigenvalue weighted by Gasteiger charge is 2.65. The van der Waals surface area contributed by atoms with Gasteiger partial charge in [0.15, 0.2) is 0 Å². The lowest BCUT2D eigenvalue weighted by Gasteiger charge is -2.59. The lowest BCUT2D eigenvalue weighted by molar-refractivity contribution is -0.215. The van der Waals surface area contributed by atoms with E-state index in [4.69, 9.17) is 0 Å². The molecule has 0 atom stereocenters. The molecule has 2 N–H and O–H groups in total. The number of nitrogens with zero attached hydrogens (tertiary/aromatic N) is 1. The molecule has 98 valence electrons. The molecule has 0 unspecified atom stereocenters. The van der Waals surface area contributed by atoms with Crippen LogP contribution in [0.4, 0.5) is 0 Å². The van der Waals surface area contributed by atoms with E-state index in [1.165, 1.54) is 0 Å². The summed E-state index contributed by atoms with van der Waals surface area (Å²) in [6, 6.07) is 0. The molecule has 0 spiro atoms. The zero-order valence-electron chi connectivity index (χ0n) is 11.0. The second-order valence-electron chi connectivity index (χ2n) is 6.74. The molecule has 2 rings (SSSR count). The zero-order chi connectivity index (χ0) is 12.9. The molecule has 4 nitrogen and oxygen atoms in total. The second-order valence-corrected chi connectivity index (χ2v) is 6.74. The van der Waals surface area contributed by atoms with E-state index in [1.807, 2.05) is 7.05 Å². The molecule has 2 fully saturated rings. The zero-order valence-corrected chi connectivity index (χ0v) is 11.0. The fourth-order valence-electron chi connectivity index (χ4n) is 3.73. The fraction of sp³-hybridized carbons (Fsp3) is 0.923. The van der Waals surface area contributed by atoms with Crippen LogP contribution in [0.5, 0.6) is 0 Å². The Morgan fingerprint density at radius 2 is 1.65 bits per heavy atom. The van der Waals surface area contributed by atoms with Crippen LogP contribution in [0.1, 0.15) is 39.5 Å². The van der Waals surface area contributed by atoms with Crippen LogP contribution in [0.3, 0.4) is 0 Å². The van der Waals surface area contributed by atoms with Gasteiger partial charge < -0.3 is 15.1 Å². The summed E-state index contributed by atoms with van der Waals surface area (Å²) in [6.45, 7) is 5.72. The van der Waals surface area contributed by atoms with Gasteiger partial charge in [-0.2, -0.15) is 0 Å². The Morgan fingerprint density at radius 3 is 2.00 bits per heavy atom. The molecule has 4 heteroatoms. The predicted molar refractivity (Wildman–Crippen MR) is 64.8 cm³/mol. The van der Waals surface area contributed by atoms with Crippen molar-refractivity contribution in [1.29, 1.82) is 0 Å². The smallest absolute Gasteiger partial charge is 0.312 e. The minimum atomic E-state index is -1.01. The number of carbonyl (C=O) groups is 1. The average Bonchev–Trinajstić information content (AvgIpc) is 2.18. The number of piperidine rings is 1. The van der Waals surface area contributed by atoms with Gasteiger partial charge in [-0.05, 0) is 38.1 Å².